The van der Waals surface area contributed by atoms with Crippen LogP contribution in [-0.2, 0) is 4.79 Å². The van der Waals surface area contributed by atoms with Gasteiger partial charge in [-0.05, 0) is 29.8 Å². The molecule has 1 N–H and O–H groups in total. The van der Waals surface area contributed by atoms with Gasteiger partial charge in [0, 0.05) is 19.1 Å². The van der Waals surface area contributed by atoms with Crippen LogP contribution in [0.1, 0.15) is 12.5 Å². The number of benzene rings is 2. The summed E-state index contributed by atoms with van der Waals surface area (Å²) in [6, 6.07) is 13.3. The van der Waals surface area contributed by atoms with Gasteiger partial charge in [-0.1, -0.05) is 12.1 Å². The number of nitro groups is 1. The Bertz CT molecular complexity index is 944. The Hall–Kier alpha value is -3.55. The van der Waals surface area contributed by atoms with Crippen molar-refractivity contribution in [3.8, 4) is 0 Å². The number of hydrogen-bond donors (Lipinski definition) is 1. The van der Waals surface area contributed by atoms with Crippen LogP contribution in [0.2, 0.25) is 0 Å². The first kappa shape index (κ1) is 15.3. The summed E-state index contributed by atoms with van der Waals surface area (Å²) < 4.78 is 1.51. The Kier molecular flexibility index (Phi) is 4.02. The topological polar surface area (TPSA) is 102 Å². The summed E-state index contributed by atoms with van der Waals surface area (Å²) in [7, 11) is 0. The molecule has 0 saturated carbocycles. The number of nitro benzene ring substituents is 1. The average Bonchev–Trinajstić information content (AvgIpc) is 2.89. The zero-order valence-electron chi connectivity index (χ0n) is 12.7. The number of fused-ring (bicyclic) bond motifs is 1. The molecule has 0 radical (unpaired) electrons. The molecule has 24 heavy (non-hydrogen) atoms. The smallest absolute Gasteiger partial charge is 0.269 e. The van der Waals surface area contributed by atoms with Crippen molar-refractivity contribution in [2.45, 2.75) is 6.92 Å². The third kappa shape index (κ3) is 3.12. The van der Waals surface area contributed by atoms with Gasteiger partial charge in [-0.3, -0.25) is 20.2 Å². The number of carbonyl (C=O) groups is 1. The third-order valence-electron chi connectivity index (χ3n) is 3.25. The number of nitrogens with one attached hydrogen (secondary N) is 1. The molecule has 8 nitrogen and oxygen atoms in total. The maximum atomic E-state index is 11.3. The second kappa shape index (κ2) is 6.29. The summed E-state index contributed by atoms with van der Waals surface area (Å²) in [4.78, 5) is 25.9. The summed E-state index contributed by atoms with van der Waals surface area (Å²) in [6.45, 7) is 1.39. The van der Waals surface area contributed by atoms with Gasteiger partial charge in [0.25, 0.3) is 5.69 Å². The molecule has 0 aliphatic carbocycles. The molecule has 0 aliphatic heterocycles. The highest BCUT2D eigenvalue weighted by Crippen LogP contribution is 2.19. The molecule has 0 unspecified atom stereocenters. The maximum Gasteiger partial charge on any atom is 0.269 e. The van der Waals surface area contributed by atoms with E-state index in [1.165, 1.54) is 23.7 Å². The van der Waals surface area contributed by atoms with E-state index in [4.69, 9.17) is 0 Å². The van der Waals surface area contributed by atoms with Crippen molar-refractivity contribution < 1.29 is 9.72 Å². The molecule has 1 amide bonds. The number of para-hydroxylation sites is 2. The van der Waals surface area contributed by atoms with Crippen LogP contribution in [0, 0.1) is 10.1 Å². The molecule has 1 heterocycles. The highest BCUT2D eigenvalue weighted by molar-refractivity contribution is 5.90. The molecule has 8 heteroatoms. The van der Waals surface area contributed by atoms with E-state index in [9.17, 15) is 14.9 Å². The number of hydrogen-bond acceptors (Lipinski definition) is 5. The van der Waals surface area contributed by atoms with E-state index in [0.717, 1.165) is 5.52 Å². The van der Waals surface area contributed by atoms with Gasteiger partial charge in [0.2, 0.25) is 11.9 Å². The van der Waals surface area contributed by atoms with Crippen LogP contribution >= 0.6 is 0 Å². The monoisotopic (exact) mass is 323 g/mol. The second-order valence-corrected chi connectivity index (χ2v) is 5.01. The third-order valence-corrected chi connectivity index (χ3v) is 3.25. The van der Waals surface area contributed by atoms with E-state index < -0.39 is 4.92 Å². The molecule has 1 aromatic heterocycles. The van der Waals surface area contributed by atoms with Crippen molar-refractivity contribution in [1.82, 2.24) is 9.66 Å². The molecule has 0 spiro atoms. The lowest BCUT2D eigenvalue weighted by molar-refractivity contribution is -0.384. The van der Waals surface area contributed by atoms with E-state index in [-0.39, 0.29) is 11.6 Å². The first-order valence-corrected chi connectivity index (χ1v) is 7.08. The van der Waals surface area contributed by atoms with Crippen molar-refractivity contribution in [3.05, 3.63) is 64.2 Å². The lowest BCUT2D eigenvalue weighted by Gasteiger charge is -2.02. The van der Waals surface area contributed by atoms with Crippen molar-refractivity contribution in [3.63, 3.8) is 0 Å². The molecule has 0 bridgehead atoms. The van der Waals surface area contributed by atoms with Crippen molar-refractivity contribution in [1.29, 1.82) is 0 Å². The largest absolute Gasteiger partial charge is 0.295 e. The molecule has 3 aromatic rings. The van der Waals surface area contributed by atoms with Crippen LogP contribution < -0.4 is 5.32 Å². The Labute approximate surface area is 136 Å². The lowest BCUT2D eigenvalue weighted by Crippen LogP contribution is -2.10. The predicted octanol–water partition coefficient (Wildman–Crippen LogP) is 2.79. The highest BCUT2D eigenvalue weighted by atomic mass is 16.6. The molecule has 0 aliphatic rings. The summed E-state index contributed by atoms with van der Waals surface area (Å²) in [6.07, 6.45) is 1.54. The van der Waals surface area contributed by atoms with E-state index in [2.05, 4.69) is 15.4 Å². The van der Waals surface area contributed by atoms with Crippen LogP contribution in [0.25, 0.3) is 11.0 Å². The predicted molar refractivity (Wildman–Crippen MR) is 90.1 cm³/mol. The zero-order chi connectivity index (χ0) is 17.1. The summed E-state index contributed by atoms with van der Waals surface area (Å²) in [5.41, 5.74) is 2.13. The number of nitrogens with zero attached hydrogens (tertiary/aromatic N) is 4. The fraction of sp³-hybridized carbons (Fsp3) is 0.0625. The van der Waals surface area contributed by atoms with Crippen LogP contribution in [0.3, 0.4) is 0 Å². The number of non-ortho nitro benzene ring substituents is 1. The molecule has 3 rings (SSSR count). The molecule has 0 saturated heterocycles. The SMILES string of the molecule is CC(=O)Nc1nc2ccccc2n1/N=C/c1ccc([N+](=O)[O-])cc1. The number of aromatic nitrogens is 2. The number of imidazole rings is 1. The van der Waals surface area contributed by atoms with Crippen LogP contribution in [0.4, 0.5) is 11.6 Å². The Morgan fingerprint density at radius 2 is 1.96 bits per heavy atom. The van der Waals surface area contributed by atoms with Gasteiger partial charge in [-0.2, -0.15) is 9.78 Å². The van der Waals surface area contributed by atoms with Crippen LogP contribution in [-0.4, -0.2) is 26.7 Å². The minimum Gasteiger partial charge on any atom is -0.295 e. The van der Waals surface area contributed by atoms with Crippen molar-refractivity contribution in [2.24, 2.45) is 5.10 Å². The average molecular weight is 323 g/mol. The second-order valence-electron chi connectivity index (χ2n) is 5.01. The first-order valence-electron chi connectivity index (χ1n) is 7.08. The van der Waals surface area contributed by atoms with Gasteiger partial charge in [-0.25, -0.2) is 4.98 Å². The van der Waals surface area contributed by atoms with Crippen LogP contribution in [0.15, 0.2) is 53.6 Å². The van der Waals surface area contributed by atoms with E-state index in [0.29, 0.717) is 17.0 Å². The van der Waals surface area contributed by atoms with E-state index in [1.54, 1.807) is 18.3 Å². The van der Waals surface area contributed by atoms with Gasteiger partial charge in [0.05, 0.1) is 22.2 Å². The number of rotatable bonds is 4. The minimum atomic E-state index is -0.459. The van der Waals surface area contributed by atoms with Gasteiger partial charge >= 0.3 is 0 Å². The van der Waals surface area contributed by atoms with E-state index >= 15 is 0 Å². The quantitative estimate of drug-likeness (QED) is 0.453. The van der Waals surface area contributed by atoms with E-state index in [1.807, 2.05) is 24.3 Å². The maximum absolute atomic E-state index is 11.3. The van der Waals surface area contributed by atoms with Gasteiger partial charge in [0.1, 0.15) is 0 Å². The summed E-state index contributed by atoms with van der Waals surface area (Å²) in [5.74, 6) is 0.0546. The Morgan fingerprint density at radius 1 is 1.25 bits per heavy atom. The van der Waals surface area contributed by atoms with Crippen molar-refractivity contribution in [2.75, 3.05) is 5.32 Å². The standard InChI is InChI=1S/C16H13N5O3/c1-11(22)18-16-19-14-4-2-3-5-15(14)20(16)17-10-12-6-8-13(9-7-12)21(23)24/h2-10H,1H3,(H,18,19,22)/b17-10+. The van der Waals surface area contributed by atoms with Gasteiger partial charge < -0.3 is 0 Å². The fourth-order valence-corrected chi connectivity index (χ4v) is 2.18. The number of amides is 1. The number of carbonyl (C=O) groups excluding carboxylic acids is 1. The summed E-state index contributed by atoms with van der Waals surface area (Å²) in [5, 5.41) is 17.6. The van der Waals surface area contributed by atoms with Crippen LogP contribution in [0.5, 0.6) is 0 Å². The number of anilines is 1. The van der Waals surface area contributed by atoms with Gasteiger partial charge in [0.15, 0.2) is 0 Å². The van der Waals surface area contributed by atoms with Gasteiger partial charge in [-0.15, -0.1) is 0 Å². The molecule has 0 fully saturated rings. The lowest BCUT2D eigenvalue weighted by atomic mass is 10.2. The molecule has 120 valence electrons. The Morgan fingerprint density at radius 3 is 2.62 bits per heavy atom. The molecule has 2 aromatic carbocycles. The highest BCUT2D eigenvalue weighted by Gasteiger charge is 2.10. The summed E-state index contributed by atoms with van der Waals surface area (Å²) >= 11 is 0. The molecular formula is C16H13N5O3. The first-order chi connectivity index (χ1) is 11.5. The zero-order valence-corrected chi connectivity index (χ0v) is 12.7. The minimum absolute atomic E-state index is 0.0131. The van der Waals surface area contributed by atoms with Crippen molar-refractivity contribution >= 4 is 34.8 Å². The molecule has 0 atom stereocenters. The fourth-order valence-electron chi connectivity index (χ4n) is 2.18. The normalized spacial score (nSPS) is 11.0. The molecular weight excluding hydrogens is 310 g/mol. The Balaban J connectivity index is 1.98.